The number of nitro groups is 2. The summed E-state index contributed by atoms with van der Waals surface area (Å²) in [4.78, 5) is 31.6. The maximum absolute atomic E-state index is 12.0. The lowest BCUT2D eigenvalue weighted by molar-refractivity contribution is -0.639. The number of hydrogen-bond donors (Lipinski definition) is 0. The van der Waals surface area contributed by atoms with Crippen LogP contribution in [0.15, 0.2) is 94.9 Å². The average Bonchev–Trinajstić information content (AvgIpc) is 2.79. The lowest BCUT2D eigenvalue weighted by Crippen LogP contribution is -2.42. The first-order valence-electron chi connectivity index (χ1n) is 9.00. The standard InChI is InChI=1S/C21H15N5O4/c27-25(28)18-13-7-12-17(14-18)19-22-20(15-8-3-1-4-9-15)24(26(29)30)21(23-19)16-10-5-2-6-11-16/h1-14,20H. The molecular formula is C21H15N5O4. The number of benzene rings is 3. The smallest absolute Gasteiger partial charge is 0.258 e. The summed E-state index contributed by atoms with van der Waals surface area (Å²) in [6.45, 7) is 0. The Morgan fingerprint density at radius 2 is 1.43 bits per heavy atom. The molecule has 30 heavy (non-hydrogen) atoms. The number of rotatable bonds is 5. The van der Waals surface area contributed by atoms with Gasteiger partial charge in [-0.3, -0.25) is 10.1 Å². The topological polar surface area (TPSA) is 114 Å². The first-order valence-corrected chi connectivity index (χ1v) is 9.00. The zero-order valence-corrected chi connectivity index (χ0v) is 15.5. The van der Waals surface area contributed by atoms with E-state index < -0.39 is 16.1 Å². The number of amidine groups is 2. The van der Waals surface area contributed by atoms with E-state index in [0.29, 0.717) is 16.7 Å². The van der Waals surface area contributed by atoms with E-state index in [1.165, 1.54) is 18.2 Å². The molecule has 1 aliphatic heterocycles. The third-order valence-corrected chi connectivity index (χ3v) is 4.53. The van der Waals surface area contributed by atoms with Gasteiger partial charge in [0, 0.05) is 28.8 Å². The van der Waals surface area contributed by atoms with Gasteiger partial charge in [0.05, 0.1) is 4.92 Å². The van der Waals surface area contributed by atoms with Gasteiger partial charge in [-0.15, -0.1) is 0 Å². The molecule has 0 N–H and O–H groups in total. The maximum atomic E-state index is 12.0. The van der Waals surface area contributed by atoms with E-state index in [0.717, 1.165) is 5.01 Å². The van der Waals surface area contributed by atoms with Crippen LogP contribution < -0.4 is 0 Å². The Kier molecular flexibility index (Phi) is 5.00. The van der Waals surface area contributed by atoms with Crippen LogP contribution in [0.25, 0.3) is 0 Å². The molecule has 9 heteroatoms. The van der Waals surface area contributed by atoms with Crippen molar-refractivity contribution in [1.82, 2.24) is 5.01 Å². The second-order valence-electron chi connectivity index (χ2n) is 6.43. The first-order chi connectivity index (χ1) is 14.5. The van der Waals surface area contributed by atoms with Gasteiger partial charge in [-0.1, -0.05) is 72.8 Å². The Balaban J connectivity index is 1.92. The molecule has 0 saturated heterocycles. The van der Waals surface area contributed by atoms with Crippen LogP contribution in [0, 0.1) is 20.2 Å². The zero-order chi connectivity index (χ0) is 21.1. The molecule has 0 spiro atoms. The summed E-state index contributed by atoms with van der Waals surface area (Å²) in [5, 5.41) is 23.5. The van der Waals surface area contributed by atoms with E-state index in [2.05, 4.69) is 9.98 Å². The van der Waals surface area contributed by atoms with Crippen LogP contribution in [-0.2, 0) is 0 Å². The third-order valence-electron chi connectivity index (χ3n) is 4.53. The van der Waals surface area contributed by atoms with Crippen molar-refractivity contribution < 1.29 is 9.96 Å². The molecule has 3 aromatic rings. The van der Waals surface area contributed by atoms with Crippen LogP contribution >= 0.6 is 0 Å². The molecule has 9 nitrogen and oxygen atoms in total. The minimum absolute atomic E-state index is 0.103. The molecule has 1 atom stereocenters. The van der Waals surface area contributed by atoms with Crippen molar-refractivity contribution in [3.63, 3.8) is 0 Å². The average molecular weight is 401 g/mol. The molecule has 0 aliphatic carbocycles. The van der Waals surface area contributed by atoms with Gasteiger partial charge in [-0.05, 0) is 5.01 Å². The molecule has 1 aliphatic rings. The largest absolute Gasteiger partial charge is 0.270 e. The van der Waals surface area contributed by atoms with Crippen LogP contribution in [0.5, 0.6) is 0 Å². The molecule has 3 aromatic carbocycles. The molecule has 0 saturated carbocycles. The predicted molar refractivity (Wildman–Crippen MR) is 111 cm³/mol. The summed E-state index contributed by atoms with van der Waals surface area (Å²) in [5.74, 6) is 0.287. The summed E-state index contributed by atoms with van der Waals surface area (Å²) >= 11 is 0. The highest BCUT2D eigenvalue weighted by Crippen LogP contribution is 2.30. The van der Waals surface area contributed by atoms with Crippen LogP contribution in [0.3, 0.4) is 0 Å². The monoisotopic (exact) mass is 401 g/mol. The third kappa shape index (κ3) is 3.63. The van der Waals surface area contributed by atoms with Gasteiger partial charge in [0.1, 0.15) is 0 Å². The Labute approximate surface area is 170 Å². The van der Waals surface area contributed by atoms with Crippen molar-refractivity contribution in [2.24, 2.45) is 9.98 Å². The molecule has 1 unspecified atom stereocenters. The van der Waals surface area contributed by atoms with E-state index in [1.54, 1.807) is 66.7 Å². The minimum Gasteiger partial charge on any atom is -0.258 e. The normalized spacial score (nSPS) is 15.9. The fourth-order valence-electron chi connectivity index (χ4n) is 3.16. The van der Waals surface area contributed by atoms with E-state index in [-0.39, 0.29) is 17.4 Å². The number of hydrogen-bond acceptors (Lipinski definition) is 6. The van der Waals surface area contributed by atoms with Crippen LogP contribution in [0.1, 0.15) is 22.9 Å². The SMILES string of the molecule is O=[N+]([O-])c1cccc(C2=NC(c3ccccc3)N([N+](=O)[O-])C(c3ccccc3)=N2)c1. The Morgan fingerprint density at radius 3 is 2.07 bits per heavy atom. The van der Waals surface area contributed by atoms with E-state index in [4.69, 9.17) is 0 Å². The lowest BCUT2D eigenvalue weighted by Gasteiger charge is -2.27. The van der Waals surface area contributed by atoms with Crippen LogP contribution in [-0.4, -0.2) is 26.6 Å². The van der Waals surface area contributed by atoms with Gasteiger partial charge in [-0.25, -0.2) is 20.1 Å². The van der Waals surface area contributed by atoms with Crippen molar-refractivity contribution in [2.45, 2.75) is 6.17 Å². The van der Waals surface area contributed by atoms with Crippen molar-refractivity contribution in [2.75, 3.05) is 0 Å². The number of hydrazine groups is 1. The number of aliphatic imine (C=N–C) groups is 2. The Morgan fingerprint density at radius 1 is 0.800 bits per heavy atom. The van der Waals surface area contributed by atoms with Gasteiger partial charge in [-0.2, -0.15) is 0 Å². The highest BCUT2D eigenvalue weighted by Gasteiger charge is 2.37. The van der Waals surface area contributed by atoms with Crippen molar-refractivity contribution in [3.05, 3.63) is 122 Å². The van der Waals surface area contributed by atoms with Gasteiger partial charge in [0.25, 0.3) is 5.69 Å². The highest BCUT2D eigenvalue weighted by molar-refractivity contribution is 6.12. The van der Waals surface area contributed by atoms with Crippen LogP contribution in [0.4, 0.5) is 5.69 Å². The first kappa shape index (κ1) is 18.9. The summed E-state index contributed by atoms with van der Waals surface area (Å²) < 4.78 is 0. The van der Waals surface area contributed by atoms with Gasteiger partial charge in [0.2, 0.25) is 12.0 Å². The number of nitro benzene ring substituents is 1. The van der Waals surface area contributed by atoms with Crippen LogP contribution in [0.2, 0.25) is 0 Å². The predicted octanol–water partition coefficient (Wildman–Crippen LogP) is 3.99. The lowest BCUT2D eigenvalue weighted by atomic mass is 10.1. The fourth-order valence-corrected chi connectivity index (χ4v) is 3.16. The highest BCUT2D eigenvalue weighted by atomic mass is 16.7. The fraction of sp³-hybridized carbons (Fsp3) is 0.0476. The quantitative estimate of drug-likeness (QED) is 0.473. The summed E-state index contributed by atoms with van der Waals surface area (Å²) in [6.07, 6.45) is -0.983. The molecule has 1 heterocycles. The molecule has 0 bridgehead atoms. The summed E-state index contributed by atoms with van der Waals surface area (Å²) in [7, 11) is 0. The zero-order valence-electron chi connectivity index (χ0n) is 15.5. The molecular weight excluding hydrogens is 386 g/mol. The van der Waals surface area contributed by atoms with Crippen molar-refractivity contribution >= 4 is 17.4 Å². The molecule has 0 radical (unpaired) electrons. The summed E-state index contributed by atoms with van der Waals surface area (Å²) in [5.41, 5.74) is 1.43. The second kappa shape index (κ2) is 7.92. The van der Waals surface area contributed by atoms with Gasteiger partial charge < -0.3 is 0 Å². The van der Waals surface area contributed by atoms with Gasteiger partial charge in [0.15, 0.2) is 10.9 Å². The molecule has 0 amide bonds. The van der Waals surface area contributed by atoms with Crippen molar-refractivity contribution in [1.29, 1.82) is 0 Å². The van der Waals surface area contributed by atoms with Gasteiger partial charge >= 0.3 is 0 Å². The van der Waals surface area contributed by atoms with E-state index in [1.807, 2.05) is 0 Å². The maximum Gasteiger partial charge on any atom is 0.270 e. The van der Waals surface area contributed by atoms with E-state index in [9.17, 15) is 20.2 Å². The minimum atomic E-state index is -0.983. The number of nitrogens with zero attached hydrogens (tertiary/aromatic N) is 5. The number of non-ortho nitro benzene ring substituents is 1. The molecule has 148 valence electrons. The second-order valence-corrected chi connectivity index (χ2v) is 6.43. The molecule has 0 fully saturated rings. The summed E-state index contributed by atoms with van der Waals surface area (Å²) in [6, 6.07) is 23.5. The molecule has 0 aromatic heterocycles. The van der Waals surface area contributed by atoms with E-state index >= 15 is 0 Å². The Bertz CT molecular complexity index is 1160. The Hall–Kier alpha value is -4.40. The molecule has 4 rings (SSSR count). The van der Waals surface area contributed by atoms with Crippen molar-refractivity contribution in [3.8, 4) is 0 Å².